The highest BCUT2D eigenvalue weighted by Crippen LogP contribution is 2.27. The molecule has 6 rings (SSSR count). The molecule has 0 saturated carbocycles. The van der Waals surface area contributed by atoms with E-state index >= 15 is 0 Å². The molecular weight excluding hydrogens is 534 g/mol. The second kappa shape index (κ2) is 11.8. The number of rotatable bonds is 10. The predicted octanol–water partition coefficient (Wildman–Crippen LogP) is 5.80. The number of unbranched alkanes of at least 4 members (excludes halogenated alkanes) is 1. The van der Waals surface area contributed by atoms with Gasteiger partial charge in [0.05, 0.1) is 23.4 Å². The molecule has 6 aromatic rings. The van der Waals surface area contributed by atoms with Gasteiger partial charge in [0.25, 0.3) is 5.56 Å². The molecule has 0 radical (unpaired) electrons. The Balaban J connectivity index is 1.36. The number of thiazole rings is 1. The Morgan fingerprint density at radius 1 is 0.854 bits per heavy atom. The molecule has 0 fully saturated rings. The molecule has 0 atom stereocenters. The topological polar surface area (TPSA) is 83.5 Å². The summed E-state index contributed by atoms with van der Waals surface area (Å²) in [6, 6.07) is 25.4. The van der Waals surface area contributed by atoms with Crippen LogP contribution in [0.4, 0.5) is 0 Å². The smallest absolute Gasteiger partial charge is 0.291 e. The second-order valence-electron chi connectivity index (χ2n) is 9.44. The first-order valence-electron chi connectivity index (χ1n) is 13.7. The zero-order valence-corrected chi connectivity index (χ0v) is 23.7. The first-order chi connectivity index (χ1) is 20.1. The zero-order valence-electron chi connectivity index (χ0n) is 22.9. The van der Waals surface area contributed by atoms with E-state index in [0.29, 0.717) is 28.5 Å². The Hall–Kier alpha value is -4.76. The standard InChI is InChI=1S/C32H29N5O3S/c1-3-5-19-40-27-17-13-23(14-18-27)30-33-32-37(35-30)31(38)28(41-32)20-24-21-36(25-9-7-6-8-10-25)34-29(24)22-11-15-26(16-12-22)39-4-2/h6-18,20-21H,3-5,19H2,1-2H3/b28-20-. The molecule has 206 valence electrons. The number of aromatic nitrogens is 5. The number of para-hydroxylation sites is 1. The van der Waals surface area contributed by atoms with Crippen molar-refractivity contribution < 1.29 is 9.47 Å². The quantitative estimate of drug-likeness (QED) is 0.196. The number of hydrogen-bond donors (Lipinski definition) is 0. The monoisotopic (exact) mass is 563 g/mol. The Bertz CT molecular complexity index is 1870. The molecule has 0 spiro atoms. The van der Waals surface area contributed by atoms with Gasteiger partial charge in [-0.2, -0.15) is 14.6 Å². The average molecular weight is 564 g/mol. The Morgan fingerprint density at radius 3 is 2.24 bits per heavy atom. The molecule has 0 amide bonds. The molecule has 0 bridgehead atoms. The van der Waals surface area contributed by atoms with Crippen LogP contribution < -0.4 is 19.6 Å². The third-order valence-corrected chi connectivity index (χ3v) is 7.51. The second-order valence-corrected chi connectivity index (χ2v) is 10.5. The number of ether oxygens (including phenoxy) is 2. The van der Waals surface area contributed by atoms with Crippen LogP contribution in [-0.4, -0.2) is 37.6 Å². The minimum Gasteiger partial charge on any atom is -0.494 e. The van der Waals surface area contributed by atoms with E-state index in [1.54, 1.807) is 0 Å². The predicted molar refractivity (Wildman–Crippen MR) is 162 cm³/mol. The van der Waals surface area contributed by atoms with Crippen LogP contribution >= 0.6 is 11.3 Å². The highest BCUT2D eigenvalue weighted by molar-refractivity contribution is 7.15. The first-order valence-corrected chi connectivity index (χ1v) is 14.5. The van der Waals surface area contributed by atoms with Gasteiger partial charge in [-0.15, -0.1) is 5.10 Å². The normalized spacial score (nSPS) is 11.8. The van der Waals surface area contributed by atoms with E-state index in [1.807, 2.05) is 103 Å². The van der Waals surface area contributed by atoms with Gasteiger partial charge in [-0.3, -0.25) is 4.79 Å². The van der Waals surface area contributed by atoms with Crippen molar-refractivity contribution in [3.8, 4) is 39.8 Å². The van der Waals surface area contributed by atoms with Crippen LogP contribution in [0, 0.1) is 0 Å². The maximum Gasteiger partial charge on any atom is 0.291 e. The maximum absolute atomic E-state index is 13.4. The van der Waals surface area contributed by atoms with Gasteiger partial charge in [0, 0.05) is 22.9 Å². The van der Waals surface area contributed by atoms with Gasteiger partial charge in [-0.25, -0.2) is 4.68 Å². The van der Waals surface area contributed by atoms with E-state index in [1.165, 1.54) is 15.9 Å². The van der Waals surface area contributed by atoms with Crippen LogP contribution in [0.25, 0.3) is 39.4 Å². The van der Waals surface area contributed by atoms with Crippen molar-refractivity contribution in [3.05, 3.63) is 106 Å². The van der Waals surface area contributed by atoms with Crippen LogP contribution in [0.3, 0.4) is 0 Å². The fourth-order valence-electron chi connectivity index (χ4n) is 4.44. The van der Waals surface area contributed by atoms with Gasteiger partial charge < -0.3 is 9.47 Å². The molecule has 0 aliphatic carbocycles. The number of nitrogens with zero attached hydrogens (tertiary/aromatic N) is 5. The minimum absolute atomic E-state index is 0.214. The van der Waals surface area contributed by atoms with Crippen molar-refractivity contribution in [1.82, 2.24) is 24.4 Å². The molecule has 3 aromatic carbocycles. The van der Waals surface area contributed by atoms with Crippen molar-refractivity contribution in [2.24, 2.45) is 0 Å². The summed E-state index contributed by atoms with van der Waals surface area (Å²) in [7, 11) is 0. The largest absolute Gasteiger partial charge is 0.494 e. The van der Waals surface area contributed by atoms with Crippen molar-refractivity contribution in [2.75, 3.05) is 13.2 Å². The molecule has 3 aromatic heterocycles. The van der Waals surface area contributed by atoms with Crippen LogP contribution in [0.2, 0.25) is 0 Å². The average Bonchev–Trinajstić information content (AvgIpc) is 3.70. The Kier molecular flexibility index (Phi) is 7.60. The summed E-state index contributed by atoms with van der Waals surface area (Å²) in [6.45, 7) is 5.38. The summed E-state index contributed by atoms with van der Waals surface area (Å²) in [5.41, 5.74) is 4.04. The summed E-state index contributed by atoms with van der Waals surface area (Å²) < 4.78 is 15.1. The lowest BCUT2D eigenvalue weighted by atomic mass is 10.1. The highest BCUT2D eigenvalue weighted by Gasteiger charge is 2.15. The molecule has 41 heavy (non-hydrogen) atoms. The summed E-state index contributed by atoms with van der Waals surface area (Å²) in [6.07, 6.45) is 5.90. The maximum atomic E-state index is 13.4. The molecule has 9 heteroatoms. The van der Waals surface area contributed by atoms with E-state index < -0.39 is 0 Å². The summed E-state index contributed by atoms with van der Waals surface area (Å²) in [5, 5.41) is 9.40. The van der Waals surface area contributed by atoms with Gasteiger partial charge >= 0.3 is 0 Å². The Labute approximate surface area is 241 Å². The van der Waals surface area contributed by atoms with E-state index in [4.69, 9.17) is 14.6 Å². The van der Waals surface area contributed by atoms with Gasteiger partial charge in [0.1, 0.15) is 17.2 Å². The third kappa shape index (κ3) is 5.62. The third-order valence-electron chi connectivity index (χ3n) is 6.55. The van der Waals surface area contributed by atoms with E-state index in [-0.39, 0.29) is 5.56 Å². The number of hydrogen-bond acceptors (Lipinski definition) is 7. The van der Waals surface area contributed by atoms with E-state index in [2.05, 4.69) is 17.0 Å². The summed E-state index contributed by atoms with van der Waals surface area (Å²) in [5.74, 6) is 2.11. The zero-order chi connectivity index (χ0) is 28.2. The van der Waals surface area contributed by atoms with E-state index in [0.717, 1.165) is 52.4 Å². The lowest BCUT2D eigenvalue weighted by Crippen LogP contribution is -2.23. The number of benzene rings is 3. The molecule has 8 nitrogen and oxygen atoms in total. The summed E-state index contributed by atoms with van der Waals surface area (Å²) >= 11 is 1.31. The molecule has 0 aliphatic rings. The van der Waals surface area contributed by atoms with Crippen LogP contribution in [0.5, 0.6) is 11.5 Å². The molecular formula is C32H29N5O3S. The van der Waals surface area contributed by atoms with Crippen LogP contribution in [-0.2, 0) is 0 Å². The first kappa shape index (κ1) is 26.5. The van der Waals surface area contributed by atoms with E-state index in [9.17, 15) is 4.79 Å². The van der Waals surface area contributed by atoms with Crippen molar-refractivity contribution >= 4 is 22.4 Å². The lowest BCUT2D eigenvalue weighted by molar-refractivity contribution is 0.309. The van der Waals surface area contributed by atoms with Gasteiger partial charge in [-0.1, -0.05) is 42.9 Å². The fourth-order valence-corrected chi connectivity index (χ4v) is 5.34. The van der Waals surface area contributed by atoms with Gasteiger partial charge in [0.15, 0.2) is 5.82 Å². The SMILES string of the molecule is CCCCOc1ccc(-c2nc3s/c(=C\c4cn(-c5ccccc5)nc4-c4ccc(OCC)cc4)c(=O)n3n2)cc1. The van der Waals surface area contributed by atoms with Crippen molar-refractivity contribution in [1.29, 1.82) is 0 Å². The van der Waals surface area contributed by atoms with Gasteiger partial charge in [0.2, 0.25) is 4.96 Å². The fraction of sp³-hybridized carbons (Fsp3) is 0.188. The number of fused-ring (bicyclic) bond motifs is 1. The molecule has 0 unspecified atom stereocenters. The molecule has 0 saturated heterocycles. The molecule has 3 heterocycles. The summed E-state index contributed by atoms with van der Waals surface area (Å²) in [4.78, 5) is 18.6. The lowest BCUT2D eigenvalue weighted by Gasteiger charge is -2.05. The molecule has 0 N–H and O–H groups in total. The Morgan fingerprint density at radius 2 is 1.56 bits per heavy atom. The van der Waals surface area contributed by atoms with Crippen molar-refractivity contribution in [2.45, 2.75) is 26.7 Å². The van der Waals surface area contributed by atoms with Crippen molar-refractivity contribution in [3.63, 3.8) is 0 Å². The minimum atomic E-state index is -0.214. The molecule has 0 aliphatic heterocycles. The van der Waals surface area contributed by atoms with Gasteiger partial charge in [-0.05, 0) is 80.1 Å². The van der Waals surface area contributed by atoms with Crippen LogP contribution in [0.15, 0.2) is 89.9 Å². The van der Waals surface area contributed by atoms with Crippen LogP contribution in [0.1, 0.15) is 32.3 Å². The highest BCUT2D eigenvalue weighted by atomic mass is 32.1.